The number of benzene rings is 3. The molecule has 358 valence electrons. The second-order valence-electron chi connectivity index (χ2n) is 16.9. The van der Waals surface area contributed by atoms with Crippen LogP contribution < -0.4 is 9.62 Å². The number of rotatable bonds is 13. The van der Waals surface area contributed by atoms with E-state index in [2.05, 4.69) is 16.6 Å². The van der Waals surface area contributed by atoms with Crippen LogP contribution >= 0.6 is 0 Å². The molecule has 0 amide bonds. The summed E-state index contributed by atoms with van der Waals surface area (Å²) in [6.45, 7) is -2.14. The third kappa shape index (κ3) is 9.86. The molecule has 7 rings (SSSR count). The lowest BCUT2D eigenvalue weighted by molar-refractivity contribution is -0.407. The highest BCUT2D eigenvalue weighted by Crippen LogP contribution is 2.40. The maximum atomic E-state index is 13.7. The van der Waals surface area contributed by atoms with Gasteiger partial charge in [-0.2, -0.15) is 0 Å². The maximum absolute atomic E-state index is 13.7. The van der Waals surface area contributed by atoms with Crippen LogP contribution in [0.25, 0.3) is 10.8 Å². The van der Waals surface area contributed by atoms with Crippen molar-refractivity contribution in [2.24, 2.45) is 0 Å². The lowest BCUT2D eigenvalue weighted by Gasteiger charge is -2.46. The maximum Gasteiger partial charge on any atom is 0.262 e. The minimum Gasteiger partial charge on any atom is -0.391 e. The lowest BCUT2D eigenvalue weighted by Crippen LogP contribution is -2.65. The largest absolute Gasteiger partial charge is 0.391 e. The van der Waals surface area contributed by atoms with Crippen molar-refractivity contribution in [3.8, 4) is 11.8 Å². The fourth-order valence-electron chi connectivity index (χ4n) is 8.56. The monoisotopic (exact) mass is 935 g/mol. The number of aliphatic hydroxyl groups is 11. The van der Waals surface area contributed by atoms with E-state index < -0.39 is 121 Å². The zero-order chi connectivity index (χ0) is 47.0. The van der Waals surface area contributed by atoms with Crippen LogP contribution in [0.3, 0.4) is 0 Å². The van der Waals surface area contributed by atoms with Crippen LogP contribution in [0.15, 0.2) is 65.6 Å². The topological polar surface area (TPSA) is 321 Å². The summed E-state index contributed by atoms with van der Waals surface area (Å²) in [5.74, 6) is 0.683. The molecule has 0 aliphatic carbocycles. The molecule has 15 atom stereocenters. The van der Waals surface area contributed by atoms with Crippen molar-refractivity contribution < 1.29 is 88.3 Å². The van der Waals surface area contributed by atoms with Crippen molar-refractivity contribution in [3.05, 3.63) is 66.2 Å². The lowest BCUT2D eigenvalue weighted by atomic mass is 9.92. The van der Waals surface area contributed by atoms with Crippen LogP contribution in [0.2, 0.25) is 0 Å². The Kier molecular flexibility index (Phi) is 15.1. The van der Waals surface area contributed by atoms with Gasteiger partial charge in [0.2, 0.25) is 11.6 Å². The predicted molar refractivity (Wildman–Crippen MR) is 227 cm³/mol. The fourth-order valence-corrected chi connectivity index (χ4v) is 9.84. The molecule has 12 N–H and O–H groups in total. The van der Waals surface area contributed by atoms with Gasteiger partial charge in [0.1, 0.15) is 73.7 Å². The normalized spacial score (nSPS) is 36.2. The van der Waals surface area contributed by atoms with Crippen LogP contribution in [0, 0.1) is 11.8 Å². The first-order chi connectivity index (χ1) is 30.8. The van der Waals surface area contributed by atoms with E-state index in [0.717, 1.165) is 30.3 Å². The summed E-state index contributed by atoms with van der Waals surface area (Å²) < 4.78 is 58.0. The van der Waals surface area contributed by atoms with E-state index >= 15 is 0 Å². The van der Waals surface area contributed by atoms with E-state index in [0.29, 0.717) is 24.0 Å². The van der Waals surface area contributed by atoms with Gasteiger partial charge in [-0.05, 0) is 62.3 Å². The van der Waals surface area contributed by atoms with Crippen LogP contribution in [-0.2, 0) is 33.7 Å². The summed E-state index contributed by atoms with van der Waals surface area (Å²) in [7, 11) is -0.268. The zero-order valence-corrected chi connectivity index (χ0v) is 36.3. The molecule has 4 aliphatic rings. The smallest absolute Gasteiger partial charge is 0.262 e. The number of sulfonamides is 1. The molecule has 4 aliphatic heterocycles. The van der Waals surface area contributed by atoms with E-state index in [1.165, 1.54) is 6.07 Å². The molecule has 4 heterocycles. The summed E-state index contributed by atoms with van der Waals surface area (Å²) >= 11 is 0. The first-order valence-electron chi connectivity index (χ1n) is 21.1. The number of aliphatic hydroxyl groups excluding tert-OH is 10. The summed E-state index contributed by atoms with van der Waals surface area (Å²) in [5.41, 5.74) is 1.62. The highest BCUT2D eigenvalue weighted by molar-refractivity contribution is 7.93. The van der Waals surface area contributed by atoms with E-state index in [1.54, 1.807) is 42.5 Å². The van der Waals surface area contributed by atoms with Gasteiger partial charge >= 0.3 is 0 Å². The number of piperidine rings is 1. The molecule has 0 spiro atoms. The second-order valence-corrected chi connectivity index (χ2v) is 18.5. The zero-order valence-electron chi connectivity index (χ0n) is 35.5. The van der Waals surface area contributed by atoms with Gasteiger partial charge in [0.15, 0.2) is 12.6 Å². The van der Waals surface area contributed by atoms with Crippen LogP contribution in [-0.4, -0.2) is 208 Å². The number of nitrogens with zero attached hydrogens (tertiary/aromatic N) is 2. The Morgan fingerprint density at radius 3 is 2.08 bits per heavy atom. The van der Waals surface area contributed by atoms with Gasteiger partial charge < -0.3 is 84.8 Å². The fraction of sp³-hybridized carbons (Fsp3) is 0.581. The predicted octanol–water partition coefficient (Wildman–Crippen LogP) is -3.32. The Balaban J connectivity index is 1.06. The van der Waals surface area contributed by atoms with Crippen molar-refractivity contribution in [3.63, 3.8) is 0 Å². The Bertz CT molecular complexity index is 2280. The van der Waals surface area contributed by atoms with E-state index in [-0.39, 0.29) is 10.6 Å². The summed E-state index contributed by atoms with van der Waals surface area (Å²) in [6, 6.07) is 16.0. The van der Waals surface area contributed by atoms with E-state index in [1.807, 2.05) is 36.0 Å². The Morgan fingerprint density at radius 2 is 1.43 bits per heavy atom. The Hall–Kier alpha value is -3.65. The van der Waals surface area contributed by atoms with Crippen LogP contribution in [0.1, 0.15) is 24.8 Å². The van der Waals surface area contributed by atoms with Crippen molar-refractivity contribution in [1.82, 2.24) is 4.90 Å². The number of hydrogen-bond acceptors (Lipinski definition) is 20. The molecule has 22 heteroatoms. The molecule has 4 saturated heterocycles. The van der Waals surface area contributed by atoms with Crippen LogP contribution in [0.5, 0.6) is 0 Å². The highest BCUT2D eigenvalue weighted by atomic mass is 32.2. The molecular weight excluding hydrogens is 879 g/mol. The molecular formula is C43H57N3O18S. The van der Waals surface area contributed by atoms with Gasteiger partial charge in [-0.25, -0.2) is 8.42 Å². The minimum absolute atomic E-state index is 0.108. The number of likely N-dealkylation sites (tertiary alicyclic amines) is 1. The molecule has 65 heavy (non-hydrogen) atoms. The molecule has 4 fully saturated rings. The number of hydrogen-bond donors (Lipinski definition) is 12. The molecule has 0 radical (unpaired) electrons. The van der Waals surface area contributed by atoms with Gasteiger partial charge in [-0.15, -0.1) is 0 Å². The number of fused-ring (bicyclic) bond motifs is 1. The van der Waals surface area contributed by atoms with Gasteiger partial charge in [-0.3, -0.25) is 9.62 Å². The SMILES string of the molecule is CN(C)c1cccc2c(S(=O)(=O)Nc3ccc(C#CC([C@H]4O[C@H](OC[C@H]5O[C@H](O[C@]6(CO)O[C@](O)(CO)[C@@H](O)[C@@H]6O)[C@H](O)[C@@H](O)[C@@H]5O)[C@H](O)[C@@H](O)[C@H]4O)N4CCCCC4)cc3)cccc12. The Labute approximate surface area is 374 Å². The summed E-state index contributed by atoms with van der Waals surface area (Å²) in [6.07, 6.45) is -19.9. The molecule has 0 bridgehead atoms. The summed E-state index contributed by atoms with van der Waals surface area (Å²) in [5, 5.41) is 118. The van der Waals surface area contributed by atoms with Crippen molar-refractivity contribution in [2.45, 2.75) is 115 Å². The molecule has 0 saturated carbocycles. The summed E-state index contributed by atoms with van der Waals surface area (Å²) in [4.78, 5) is 3.97. The third-order valence-corrected chi connectivity index (χ3v) is 13.7. The molecule has 3 aromatic carbocycles. The molecule has 1 unspecified atom stereocenters. The average Bonchev–Trinajstić information content (AvgIpc) is 3.49. The minimum atomic E-state index is -4.02. The van der Waals surface area contributed by atoms with Crippen molar-refractivity contribution in [1.29, 1.82) is 0 Å². The van der Waals surface area contributed by atoms with Crippen molar-refractivity contribution in [2.75, 3.05) is 56.6 Å². The van der Waals surface area contributed by atoms with Crippen LogP contribution in [0.4, 0.5) is 11.4 Å². The molecule has 3 aromatic rings. The van der Waals surface area contributed by atoms with Crippen molar-refractivity contribution >= 4 is 32.2 Å². The number of anilines is 2. The average molecular weight is 936 g/mol. The van der Waals surface area contributed by atoms with Gasteiger partial charge in [0.25, 0.3) is 10.0 Å². The van der Waals surface area contributed by atoms with E-state index in [4.69, 9.17) is 23.7 Å². The van der Waals surface area contributed by atoms with E-state index in [9.17, 15) is 64.6 Å². The van der Waals surface area contributed by atoms with Gasteiger partial charge in [-0.1, -0.05) is 42.5 Å². The van der Waals surface area contributed by atoms with Gasteiger partial charge in [0.05, 0.1) is 18.1 Å². The quantitative estimate of drug-likeness (QED) is 0.0747. The third-order valence-electron chi connectivity index (χ3n) is 12.3. The number of ether oxygens (including phenoxy) is 5. The standard InChI is InChI=1S/C43H57N3O18S/c1-45(2)27-10-6-9-26-25(27)8-7-11-30(26)65(58,59)44-24-15-12-23(13-16-24)14-17-28(46-18-4-3-5-19-46)37-34(52)33(51)35(53)40(62-37)60-20-29-31(49)32(50)36(54)41(61-29)63-43(22-48)39(56)38(55)42(57,21-47)64-43/h6-13,15-16,28-29,31-41,44,47-57H,3-5,18-22H2,1-2H3/t28?,29-,31-,32+,33+,34-,35-,36-,37-,38+,39+,40+,41-,42-,43-/m1/s1. The first-order valence-corrected chi connectivity index (χ1v) is 22.6. The first kappa shape index (κ1) is 49.3. The highest BCUT2D eigenvalue weighted by Gasteiger charge is 2.64. The molecule has 0 aromatic heterocycles. The van der Waals surface area contributed by atoms with Gasteiger partial charge in [0, 0.05) is 41.8 Å². The number of nitrogens with one attached hydrogen (secondary N) is 1. The second kappa shape index (κ2) is 19.9. The Morgan fingerprint density at radius 1 is 0.785 bits per heavy atom. The molecule has 21 nitrogen and oxygen atoms in total.